The number of nitrogens with two attached hydrogens (primary N) is 4. The van der Waals surface area contributed by atoms with Crippen LogP contribution in [0.1, 0.15) is 53.4 Å². The summed E-state index contributed by atoms with van der Waals surface area (Å²) in [5.74, 6) is -12.9. The van der Waals surface area contributed by atoms with E-state index in [-0.39, 0.29) is 6.42 Å². The lowest BCUT2D eigenvalue weighted by molar-refractivity contribution is -0.141. The molecule has 1 aliphatic heterocycles. The first-order valence-electron chi connectivity index (χ1n) is 17.4. The van der Waals surface area contributed by atoms with Crippen molar-refractivity contribution in [2.45, 2.75) is 119 Å². The number of thioether (sulfide) groups is 1. The first-order valence-corrected chi connectivity index (χ1v) is 18.4. The monoisotopic (exact) mass is 819 g/mol. The van der Waals surface area contributed by atoms with Gasteiger partial charge in [0.2, 0.25) is 53.2 Å². The molecule has 56 heavy (non-hydrogen) atoms. The Kier molecular flexibility index (Phi) is 20.2. The van der Waals surface area contributed by atoms with Gasteiger partial charge in [-0.3, -0.25) is 47.9 Å². The maximum absolute atomic E-state index is 13.8. The van der Waals surface area contributed by atoms with Crippen LogP contribution in [-0.2, 0) is 47.9 Å². The van der Waals surface area contributed by atoms with Crippen LogP contribution in [0.25, 0.3) is 0 Å². The van der Waals surface area contributed by atoms with Crippen molar-refractivity contribution < 1.29 is 63.3 Å². The van der Waals surface area contributed by atoms with E-state index in [0.717, 1.165) is 27.7 Å². The van der Waals surface area contributed by atoms with Crippen LogP contribution >= 0.6 is 11.8 Å². The molecule has 1 rings (SSSR count). The van der Waals surface area contributed by atoms with Crippen LogP contribution in [0, 0.1) is 0 Å². The summed E-state index contributed by atoms with van der Waals surface area (Å²) in [5, 5.41) is 44.4. The Morgan fingerprint density at radius 2 is 1.38 bits per heavy atom. The molecule has 1 aliphatic rings. The number of carboxylic acid groups (broad SMARTS) is 1. The van der Waals surface area contributed by atoms with E-state index in [1.807, 2.05) is 0 Å². The van der Waals surface area contributed by atoms with Crippen LogP contribution in [0.5, 0.6) is 0 Å². The molecule has 316 valence electrons. The smallest absolute Gasteiger partial charge is 0.319 e. The third-order valence-corrected chi connectivity index (χ3v) is 9.57. The molecule has 1 fully saturated rings. The average Bonchev–Trinajstić information content (AvgIpc) is 3.09. The number of carbonyl (C=O) groups is 10. The summed E-state index contributed by atoms with van der Waals surface area (Å²) in [6, 6.07) is -13.7. The van der Waals surface area contributed by atoms with Crippen molar-refractivity contribution in [3.05, 3.63) is 0 Å². The third-order valence-electron chi connectivity index (χ3n) is 8.21. The summed E-state index contributed by atoms with van der Waals surface area (Å²) < 4.78 is 0. The molecule has 11 atom stereocenters. The second kappa shape index (κ2) is 23.1. The van der Waals surface area contributed by atoms with Gasteiger partial charge in [-0.25, -0.2) is 0 Å². The van der Waals surface area contributed by atoms with E-state index in [9.17, 15) is 63.3 Å². The van der Waals surface area contributed by atoms with Crippen LogP contribution < -0.4 is 60.2 Å². The number of unbranched alkanes of at least 4 members (excludes halogenated alkanes) is 1. The molecule has 0 aromatic carbocycles. The van der Waals surface area contributed by atoms with Crippen molar-refractivity contribution in [1.82, 2.24) is 37.2 Å². The zero-order valence-corrected chi connectivity index (χ0v) is 32.1. The zero-order chi connectivity index (χ0) is 43.0. The molecule has 0 saturated carbocycles. The van der Waals surface area contributed by atoms with Crippen molar-refractivity contribution in [2.24, 2.45) is 22.9 Å². The predicted molar refractivity (Wildman–Crippen MR) is 196 cm³/mol. The fourth-order valence-electron chi connectivity index (χ4n) is 4.90. The summed E-state index contributed by atoms with van der Waals surface area (Å²) in [4.78, 5) is 130. The number of hydrogen-bond donors (Lipinski definition) is 14. The van der Waals surface area contributed by atoms with Gasteiger partial charge in [0.1, 0.15) is 47.5 Å². The van der Waals surface area contributed by atoms with E-state index in [0.29, 0.717) is 31.1 Å². The topological polar surface area (TPSA) is 420 Å². The van der Waals surface area contributed by atoms with E-state index in [1.54, 1.807) is 0 Å². The number of primary amides is 2. The number of amides is 9. The molecule has 0 bridgehead atoms. The average molecular weight is 820 g/mol. The molecule has 0 aliphatic carbocycles. The van der Waals surface area contributed by atoms with Gasteiger partial charge in [-0.2, -0.15) is 0 Å². The quantitative estimate of drug-likeness (QED) is 0.0724. The number of carboxylic acids is 1. The summed E-state index contributed by atoms with van der Waals surface area (Å²) in [6.45, 7) is 4.72. The molecule has 25 heteroatoms. The van der Waals surface area contributed by atoms with Gasteiger partial charge < -0.3 is 75.5 Å². The van der Waals surface area contributed by atoms with Gasteiger partial charge in [-0.15, -0.1) is 11.8 Å². The Labute approximate surface area is 325 Å². The highest BCUT2D eigenvalue weighted by atomic mass is 32.2. The lowest BCUT2D eigenvalue weighted by Crippen LogP contribution is -2.63. The molecule has 0 aromatic rings. The Hall–Kier alpha value is -5.11. The Balaban J connectivity index is 3.93. The second-order valence-electron chi connectivity index (χ2n) is 13.1. The van der Waals surface area contributed by atoms with Crippen LogP contribution in [0.2, 0.25) is 0 Å². The molecule has 1 heterocycles. The SMILES string of the molecule is C[C@H](NC(=O)[C@H]1NC(=O)[C@H]([C@@H](C)O)NC(=O)[C@H](C)NC(=O)[C@H]([C@@H](C)O)NC(=O)[C@H](CC(N)=O)NC(=O)[C@@H](NC(=O)[C@@H](N)CCCCN)CSC1C(=O)O)C(N)=O. The lowest BCUT2D eigenvalue weighted by atomic mass is 10.1. The highest BCUT2D eigenvalue weighted by Gasteiger charge is 2.41. The molecule has 1 unspecified atom stereocenters. The molecule has 0 aromatic heterocycles. The Bertz CT molecular complexity index is 1480. The predicted octanol–water partition coefficient (Wildman–Crippen LogP) is -7.80. The van der Waals surface area contributed by atoms with Gasteiger partial charge in [-0.1, -0.05) is 6.42 Å². The number of hydrogen-bond acceptors (Lipinski definition) is 15. The van der Waals surface area contributed by atoms with Crippen molar-refractivity contribution in [2.75, 3.05) is 12.3 Å². The van der Waals surface area contributed by atoms with Crippen LogP contribution in [0.4, 0.5) is 0 Å². The molecular formula is C31H53N11O13S. The second-order valence-corrected chi connectivity index (χ2v) is 14.3. The van der Waals surface area contributed by atoms with Gasteiger partial charge in [-0.05, 0) is 47.1 Å². The lowest BCUT2D eigenvalue weighted by Gasteiger charge is -2.29. The van der Waals surface area contributed by atoms with Crippen LogP contribution in [0.3, 0.4) is 0 Å². The number of aliphatic hydroxyl groups is 2. The fourth-order valence-corrected chi connectivity index (χ4v) is 6.06. The largest absolute Gasteiger partial charge is 0.480 e. The van der Waals surface area contributed by atoms with Gasteiger partial charge in [0.05, 0.1) is 24.7 Å². The van der Waals surface area contributed by atoms with E-state index in [1.165, 1.54) is 0 Å². The minimum Gasteiger partial charge on any atom is -0.480 e. The summed E-state index contributed by atoms with van der Waals surface area (Å²) in [5.41, 5.74) is 22.0. The first kappa shape index (κ1) is 48.9. The standard InChI is InChI=1S/C31H53N11O13S/c1-11(23(35)46)36-30(53)21-22(31(54)55)56-10-17(39-25(48)15(33)7-5-6-8-32)27(50)38-16(9-18(34)45)26(49)41-19(13(3)43)28(51)37-12(2)24(47)40-20(14(4)44)29(52)42-21/h11-17,19-22,43-44H,5-10,32-33H2,1-4H3,(H2,34,45)(H2,35,46)(H,36,53)(H,37,51)(H,38,50)(H,39,48)(H,40,47)(H,41,49)(H,42,52)(H,54,55)/t11-,12-,13+,14+,15-,16-,17-,19-,20-,21-,22?/m0/s1. The maximum atomic E-state index is 13.8. The summed E-state index contributed by atoms with van der Waals surface area (Å²) in [6.07, 6.45) is -3.25. The molecule has 18 N–H and O–H groups in total. The highest BCUT2D eigenvalue weighted by Crippen LogP contribution is 2.19. The van der Waals surface area contributed by atoms with Crippen molar-refractivity contribution in [1.29, 1.82) is 0 Å². The first-order chi connectivity index (χ1) is 26.0. The summed E-state index contributed by atoms with van der Waals surface area (Å²) in [7, 11) is 0. The summed E-state index contributed by atoms with van der Waals surface area (Å²) >= 11 is 0.314. The minimum atomic E-state index is -2.14. The molecule has 24 nitrogen and oxygen atoms in total. The number of rotatable bonds is 14. The molecule has 0 spiro atoms. The highest BCUT2D eigenvalue weighted by molar-refractivity contribution is 8.00. The van der Waals surface area contributed by atoms with Crippen molar-refractivity contribution in [3.63, 3.8) is 0 Å². The Morgan fingerprint density at radius 1 is 0.821 bits per heavy atom. The van der Waals surface area contributed by atoms with Crippen molar-refractivity contribution >= 4 is 70.9 Å². The maximum Gasteiger partial charge on any atom is 0.319 e. The molecular weight excluding hydrogens is 766 g/mol. The van der Waals surface area contributed by atoms with Crippen molar-refractivity contribution in [3.8, 4) is 0 Å². The number of carbonyl (C=O) groups excluding carboxylic acids is 9. The third kappa shape index (κ3) is 15.6. The van der Waals surface area contributed by atoms with Gasteiger partial charge in [0, 0.05) is 5.75 Å². The molecule has 1 saturated heterocycles. The number of nitrogens with one attached hydrogen (secondary N) is 7. The molecule has 0 radical (unpaired) electrons. The number of aliphatic carboxylic acids is 1. The van der Waals surface area contributed by atoms with E-state index in [4.69, 9.17) is 22.9 Å². The van der Waals surface area contributed by atoms with E-state index >= 15 is 0 Å². The number of aliphatic hydroxyl groups excluding tert-OH is 2. The van der Waals surface area contributed by atoms with E-state index in [2.05, 4.69) is 37.2 Å². The van der Waals surface area contributed by atoms with E-state index < -0.39 is 137 Å². The fraction of sp³-hybridized carbons (Fsp3) is 0.677. The minimum absolute atomic E-state index is 0.101. The van der Waals surface area contributed by atoms with Gasteiger partial charge in [0.15, 0.2) is 0 Å². The van der Waals surface area contributed by atoms with Crippen LogP contribution in [-0.4, -0.2) is 153 Å². The van der Waals surface area contributed by atoms with Gasteiger partial charge in [0.25, 0.3) is 0 Å². The normalized spacial score (nSPS) is 26.7. The zero-order valence-electron chi connectivity index (χ0n) is 31.2. The van der Waals surface area contributed by atoms with Crippen LogP contribution in [0.15, 0.2) is 0 Å². The van der Waals surface area contributed by atoms with Gasteiger partial charge >= 0.3 is 5.97 Å². The Morgan fingerprint density at radius 3 is 1.88 bits per heavy atom. The molecule has 9 amide bonds.